The van der Waals surface area contributed by atoms with Gasteiger partial charge in [0.2, 0.25) is 0 Å². The summed E-state index contributed by atoms with van der Waals surface area (Å²) in [4.78, 5) is 4.10. The second-order valence-corrected chi connectivity index (χ2v) is 2.72. The van der Waals surface area contributed by atoms with Crippen LogP contribution in [0.4, 0.5) is 0 Å². The van der Waals surface area contributed by atoms with Gasteiger partial charge in [-0.15, -0.1) is 0 Å². The van der Waals surface area contributed by atoms with Crippen molar-refractivity contribution < 1.29 is 0 Å². The summed E-state index contributed by atoms with van der Waals surface area (Å²) in [6.45, 7) is 2.11. The van der Waals surface area contributed by atoms with E-state index in [1.807, 2.05) is 13.3 Å². The molecule has 1 aliphatic rings. The molecule has 1 atom stereocenters. The van der Waals surface area contributed by atoms with Crippen molar-refractivity contribution in [3.63, 3.8) is 0 Å². The lowest BCUT2D eigenvalue weighted by Gasteiger charge is -2.18. The Morgan fingerprint density at radius 3 is 3.09 bits per heavy atom. The van der Waals surface area contributed by atoms with Crippen molar-refractivity contribution in [2.45, 2.75) is 25.8 Å². The summed E-state index contributed by atoms with van der Waals surface area (Å²) < 4.78 is 0. The molecule has 1 heterocycles. The Kier molecular flexibility index (Phi) is 2.65. The number of hydrogen-bond donors (Lipinski definition) is 2. The predicted molar refractivity (Wildman–Crippen MR) is 47.5 cm³/mol. The highest BCUT2D eigenvalue weighted by Crippen LogP contribution is 2.15. The van der Waals surface area contributed by atoms with E-state index in [2.05, 4.69) is 17.2 Å². The molecule has 1 unspecified atom stereocenters. The lowest BCUT2D eigenvalue weighted by atomic mass is 10.0. The van der Waals surface area contributed by atoms with E-state index < -0.39 is 0 Å². The van der Waals surface area contributed by atoms with Crippen molar-refractivity contribution in [1.29, 1.82) is 0 Å². The molecule has 0 spiro atoms. The monoisotopic (exact) mass is 153 g/mol. The van der Waals surface area contributed by atoms with Crippen molar-refractivity contribution in [2.75, 3.05) is 7.05 Å². The van der Waals surface area contributed by atoms with E-state index >= 15 is 0 Å². The van der Waals surface area contributed by atoms with E-state index in [0.717, 1.165) is 12.8 Å². The molecule has 0 aromatic rings. The zero-order chi connectivity index (χ0) is 8.27. The Balaban J connectivity index is 2.67. The molecule has 0 aromatic carbocycles. The molecule has 0 bridgehead atoms. The van der Waals surface area contributed by atoms with E-state index in [-0.39, 0.29) is 0 Å². The van der Waals surface area contributed by atoms with Crippen molar-refractivity contribution >= 4 is 6.21 Å². The molecule has 62 valence electrons. The summed E-state index contributed by atoms with van der Waals surface area (Å²) in [5.41, 5.74) is 6.92. The second-order valence-electron chi connectivity index (χ2n) is 2.72. The summed E-state index contributed by atoms with van der Waals surface area (Å²) in [7, 11) is 1.94. The summed E-state index contributed by atoms with van der Waals surface area (Å²) in [5.74, 6) is 0.707. The SMILES string of the molecule is CCC1=C(N)N=CC(NC)C1. The van der Waals surface area contributed by atoms with Crippen molar-refractivity contribution in [3.05, 3.63) is 11.4 Å². The molecule has 3 N–H and O–H groups in total. The first kappa shape index (κ1) is 8.27. The number of nitrogens with one attached hydrogen (secondary N) is 1. The van der Waals surface area contributed by atoms with Gasteiger partial charge < -0.3 is 11.1 Å². The normalized spacial score (nSPS) is 24.4. The van der Waals surface area contributed by atoms with Crippen LogP contribution in [0, 0.1) is 0 Å². The van der Waals surface area contributed by atoms with E-state index in [0.29, 0.717) is 11.9 Å². The van der Waals surface area contributed by atoms with Crippen LogP contribution >= 0.6 is 0 Å². The van der Waals surface area contributed by atoms with Crippen LogP contribution in [-0.4, -0.2) is 19.3 Å². The predicted octanol–water partition coefficient (Wildman–Crippen LogP) is 0.629. The molecular formula is C8H15N3. The highest BCUT2D eigenvalue weighted by molar-refractivity contribution is 5.68. The van der Waals surface area contributed by atoms with E-state index in [1.165, 1.54) is 5.57 Å². The number of rotatable bonds is 2. The van der Waals surface area contributed by atoms with Gasteiger partial charge in [0.05, 0.1) is 0 Å². The smallest absolute Gasteiger partial charge is 0.122 e. The fourth-order valence-electron chi connectivity index (χ4n) is 1.19. The van der Waals surface area contributed by atoms with Crippen molar-refractivity contribution in [2.24, 2.45) is 10.7 Å². The fourth-order valence-corrected chi connectivity index (χ4v) is 1.19. The number of aliphatic imine (C=N–C) groups is 1. The van der Waals surface area contributed by atoms with Crippen LogP contribution in [-0.2, 0) is 0 Å². The molecule has 0 aliphatic carbocycles. The largest absolute Gasteiger partial charge is 0.384 e. The number of nitrogens with two attached hydrogens (primary N) is 1. The molecule has 3 nitrogen and oxygen atoms in total. The van der Waals surface area contributed by atoms with Crippen LogP contribution in [0.15, 0.2) is 16.4 Å². The Morgan fingerprint density at radius 1 is 1.82 bits per heavy atom. The topological polar surface area (TPSA) is 50.4 Å². The van der Waals surface area contributed by atoms with Crippen LogP contribution in [0.25, 0.3) is 0 Å². The fraction of sp³-hybridized carbons (Fsp3) is 0.625. The molecule has 1 rings (SSSR count). The Morgan fingerprint density at radius 2 is 2.55 bits per heavy atom. The lowest BCUT2D eigenvalue weighted by Crippen LogP contribution is -2.30. The van der Waals surface area contributed by atoms with Crippen LogP contribution in [0.1, 0.15) is 19.8 Å². The molecule has 1 aliphatic heterocycles. The third kappa shape index (κ3) is 1.80. The van der Waals surface area contributed by atoms with Gasteiger partial charge in [-0.2, -0.15) is 0 Å². The first-order chi connectivity index (χ1) is 5.27. The maximum atomic E-state index is 5.66. The van der Waals surface area contributed by atoms with Crippen molar-refractivity contribution in [1.82, 2.24) is 5.32 Å². The highest BCUT2D eigenvalue weighted by atomic mass is 15.0. The summed E-state index contributed by atoms with van der Waals surface area (Å²) in [5, 5.41) is 3.15. The van der Waals surface area contributed by atoms with Crippen LogP contribution in [0.2, 0.25) is 0 Å². The van der Waals surface area contributed by atoms with Gasteiger partial charge in [-0.3, -0.25) is 0 Å². The minimum Gasteiger partial charge on any atom is -0.384 e. The molecular weight excluding hydrogens is 138 g/mol. The van der Waals surface area contributed by atoms with Crippen LogP contribution in [0.5, 0.6) is 0 Å². The molecule has 0 saturated carbocycles. The van der Waals surface area contributed by atoms with Gasteiger partial charge in [-0.05, 0) is 25.5 Å². The van der Waals surface area contributed by atoms with Crippen molar-refractivity contribution in [3.8, 4) is 0 Å². The zero-order valence-electron chi connectivity index (χ0n) is 7.09. The molecule has 0 amide bonds. The van der Waals surface area contributed by atoms with Gasteiger partial charge in [0.1, 0.15) is 5.82 Å². The highest BCUT2D eigenvalue weighted by Gasteiger charge is 2.12. The molecule has 0 radical (unpaired) electrons. The molecule has 11 heavy (non-hydrogen) atoms. The lowest BCUT2D eigenvalue weighted by molar-refractivity contribution is 0.670. The summed E-state index contributed by atoms with van der Waals surface area (Å²) in [6.07, 6.45) is 3.87. The minimum atomic E-state index is 0.372. The van der Waals surface area contributed by atoms with E-state index in [9.17, 15) is 0 Å². The van der Waals surface area contributed by atoms with Gasteiger partial charge in [-0.1, -0.05) is 6.92 Å². The van der Waals surface area contributed by atoms with Gasteiger partial charge in [0.15, 0.2) is 0 Å². The average molecular weight is 153 g/mol. The second kappa shape index (κ2) is 3.53. The van der Waals surface area contributed by atoms with E-state index in [4.69, 9.17) is 5.73 Å². The first-order valence-corrected chi connectivity index (χ1v) is 3.96. The van der Waals surface area contributed by atoms with Gasteiger partial charge in [-0.25, -0.2) is 4.99 Å². The Bertz CT molecular complexity index is 194. The Hall–Kier alpha value is -0.830. The first-order valence-electron chi connectivity index (χ1n) is 3.96. The minimum absolute atomic E-state index is 0.372. The zero-order valence-corrected chi connectivity index (χ0v) is 7.09. The quantitative estimate of drug-likeness (QED) is 0.611. The standard InChI is InChI=1S/C8H15N3/c1-3-6-4-7(10-2)5-11-8(6)9/h5,7,10H,3-4,9H2,1-2H3. The Labute approximate surface area is 67.4 Å². The summed E-state index contributed by atoms with van der Waals surface area (Å²) >= 11 is 0. The van der Waals surface area contributed by atoms with Crippen LogP contribution < -0.4 is 11.1 Å². The number of hydrogen-bond acceptors (Lipinski definition) is 3. The third-order valence-electron chi connectivity index (χ3n) is 2.02. The van der Waals surface area contributed by atoms with Gasteiger partial charge in [0, 0.05) is 12.3 Å². The third-order valence-corrected chi connectivity index (χ3v) is 2.02. The van der Waals surface area contributed by atoms with E-state index in [1.54, 1.807) is 0 Å². The molecule has 0 saturated heterocycles. The maximum absolute atomic E-state index is 5.66. The average Bonchev–Trinajstić information content (AvgIpc) is 2.05. The summed E-state index contributed by atoms with van der Waals surface area (Å²) in [6, 6.07) is 0.372. The van der Waals surface area contributed by atoms with Crippen LogP contribution in [0.3, 0.4) is 0 Å². The molecule has 0 aromatic heterocycles. The number of nitrogens with zero attached hydrogens (tertiary/aromatic N) is 1. The maximum Gasteiger partial charge on any atom is 0.122 e. The molecule has 0 fully saturated rings. The molecule has 3 heteroatoms. The van der Waals surface area contributed by atoms with Gasteiger partial charge in [0.25, 0.3) is 0 Å². The van der Waals surface area contributed by atoms with Gasteiger partial charge >= 0.3 is 0 Å².